The fraction of sp³-hybridized carbons (Fsp3) is 1.00. The standard InChI is InChI=1S/C8H18O2.CH4/c1-7(2)9-5-6-10-8(3)4;/h7-8H,5-6H2,1-4H3;1H4. The fourth-order valence-electron chi connectivity index (χ4n) is 0.568. The van der Waals surface area contributed by atoms with Gasteiger partial charge >= 0.3 is 0 Å². The van der Waals surface area contributed by atoms with Gasteiger partial charge in [-0.05, 0) is 27.7 Å². The van der Waals surface area contributed by atoms with Crippen LogP contribution in [0.5, 0.6) is 0 Å². The van der Waals surface area contributed by atoms with Crippen LogP contribution in [0.1, 0.15) is 35.1 Å². The van der Waals surface area contributed by atoms with Crippen molar-refractivity contribution in [1.82, 2.24) is 0 Å². The highest BCUT2D eigenvalue weighted by Gasteiger charge is 1.94. The van der Waals surface area contributed by atoms with Crippen molar-refractivity contribution in [3.8, 4) is 0 Å². The number of hydrogen-bond acceptors (Lipinski definition) is 2. The Bertz CT molecular complexity index is 60.0. The van der Waals surface area contributed by atoms with Crippen LogP contribution in [-0.4, -0.2) is 25.4 Å². The summed E-state index contributed by atoms with van der Waals surface area (Å²) >= 11 is 0. The Morgan fingerprint density at radius 2 is 1.09 bits per heavy atom. The summed E-state index contributed by atoms with van der Waals surface area (Å²) in [5.74, 6) is 0. The van der Waals surface area contributed by atoms with Crippen molar-refractivity contribution < 1.29 is 9.47 Å². The second kappa shape index (κ2) is 8.02. The molecule has 0 aromatic heterocycles. The zero-order valence-electron chi connectivity index (χ0n) is 7.39. The van der Waals surface area contributed by atoms with Crippen molar-refractivity contribution in [2.45, 2.75) is 47.3 Å². The Labute approximate surface area is 70.9 Å². The first kappa shape index (κ1) is 13.5. The molecule has 0 heterocycles. The van der Waals surface area contributed by atoms with Gasteiger partial charge in [-0.15, -0.1) is 0 Å². The van der Waals surface area contributed by atoms with E-state index < -0.39 is 0 Å². The van der Waals surface area contributed by atoms with Crippen LogP contribution in [0.25, 0.3) is 0 Å². The monoisotopic (exact) mass is 162 g/mol. The SMILES string of the molecule is C.CC(C)OCCOC(C)C. The van der Waals surface area contributed by atoms with Gasteiger partial charge in [-0.3, -0.25) is 0 Å². The number of ether oxygens (including phenoxy) is 2. The maximum absolute atomic E-state index is 5.27. The van der Waals surface area contributed by atoms with E-state index in [4.69, 9.17) is 9.47 Å². The molecule has 0 aromatic rings. The predicted octanol–water partition coefficient (Wildman–Crippen LogP) is 2.47. The van der Waals surface area contributed by atoms with Gasteiger partial charge in [0, 0.05) is 0 Å². The highest BCUT2D eigenvalue weighted by molar-refractivity contribution is 4.39. The lowest BCUT2D eigenvalue weighted by Gasteiger charge is -2.09. The van der Waals surface area contributed by atoms with E-state index in [1.807, 2.05) is 27.7 Å². The molecule has 0 fully saturated rings. The number of rotatable bonds is 5. The van der Waals surface area contributed by atoms with Crippen LogP contribution in [-0.2, 0) is 9.47 Å². The van der Waals surface area contributed by atoms with Gasteiger partial charge in [0.1, 0.15) is 0 Å². The Morgan fingerprint density at radius 1 is 0.818 bits per heavy atom. The van der Waals surface area contributed by atoms with Gasteiger partial charge in [0.2, 0.25) is 0 Å². The van der Waals surface area contributed by atoms with E-state index >= 15 is 0 Å². The lowest BCUT2D eigenvalue weighted by Crippen LogP contribution is -2.12. The molecule has 0 spiro atoms. The zero-order valence-corrected chi connectivity index (χ0v) is 7.39. The molecule has 0 atom stereocenters. The van der Waals surface area contributed by atoms with E-state index in [9.17, 15) is 0 Å². The van der Waals surface area contributed by atoms with Crippen molar-refractivity contribution in [3.05, 3.63) is 0 Å². The summed E-state index contributed by atoms with van der Waals surface area (Å²) in [5, 5.41) is 0. The molecule has 0 aliphatic carbocycles. The molecule has 0 N–H and O–H groups in total. The lowest BCUT2D eigenvalue weighted by molar-refractivity contribution is -0.00108. The van der Waals surface area contributed by atoms with Crippen LogP contribution in [0.4, 0.5) is 0 Å². The largest absolute Gasteiger partial charge is 0.376 e. The first-order valence-electron chi connectivity index (χ1n) is 3.86. The Kier molecular flexibility index (Phi) is 9.85. The molecular weight excluding hydrogens is 140 g/mol. The first-order valence-corrected chi connectivity index (χ1v) is 3.86. The third-order valence-electron chi connectivity index (χ3n) is 0.986. The lowest BCUT2D eigenvalue weighted by atomic mass is 10.5. The molecule has 0 amide bonds. The van der Waals surface area contributed by atoms with Crippen molar-refractivity contribution in [2.24, 2.45) is 0 Å². The summed E-state index contributed by atoms with van der Waals surface area (Å²) in [5.41, 5.74) is 0. The molecule has 0 bridgehead atoms. The molecule has 0 aliphatic heterocycles. The van der Waals surface area contributed by atoms with E-state index in [1.54, 1.807) is 0 Å². The molecule has 0 aromatic carbocycles. The quantitative estimate of drug-likeness (QED) is 0.578. The van der Waals surface area contributed by atoms with Crippen LogP contribution in [0.15, 0.2) is 0 Å². The first-order chi connectivity index (χ1) is 4.63. The van der Waals surface area contributed by atoms with E-state index in [1.165, 1.54) is 0 Å². The van der Waals surface area contributed by atoms with Gasteiger partial charge in [-0.25, -0.2) is 0 Å². The predicted molar refractivity (Wildman–Crippen MR) is 48.9 cm³/mol. The normalized spacial score (nSPS) is 10.4. The van der Waals surface area contributed by atoms with Crippen LogP contribution < -0.4 is 0 Å². The number of hydrogen-bond donors (Lipinski definition) is 0. The highest BCUT2D eigenvalue weighted by atomic mass is 16.5. The minimum Gasteiger partial charge on any atom is -0.376 e. The molecule has 0 rings (SSSR count). The van der Waals surface area contributed by atoms with Crippen LogP contribution >= 0.6 is 0 Å². The van der Waals surface area contributed by atoms with Crippen LogP contribution in [0, 0.1) is 0 Å². The van der Waals surface area contributed by atoms with E-state index in [2.05, 4.69) is 0 Å². The summed E-state index contributed by atoms with van der Waals surface area (Å²) in [4.78, 5) is 0. The third kappa shape index (κ3) is 13.0. The molecule has 0 aliphatic rings. The van der Waals surface area contributed by atoms with Gasteiger partial charge in [0.15, 0.2) is 0 Å². The minimum atomic E-state index is 0. The summed E-state index contributed by atoms with van der Waals surface area (Å²) in [6.07, 6.45) is 0.631. The Hall–Kier alpha value is -0.0800. The second-order valence-corrected chi connectivity index (χ2v) is 2.84. The molecule has 2 nitrogen and oxygen atoms in total. The van der Waals surface area contributed by atoms with Gasteiger partial charge < -0.3 is 9.47 Å². The Balaban J connectivity index is 0. The maximum Gasteiger partial charge on any atom is 0.0704 e. The molecule has 70 valence electrons. The third-order valence-corrected chi connectivity index (χ3v) is 0.986. The van der Waals surface area contributed by atoms with Gasteiger partial charge in [-0.1, -0.05) is 7.43 Å². The van der Waals surface area contributed by atoms with Crippen LogP contribution in [0.2, 0.25) is 0 Å². The molecule has 0 radical (unpaired) electrons. The Morgan fingerprint density at radius 3 is 1.27 bits per heavy atom. The summed E-state index contributed by atoms with van der Waals surface area (Å²) in [7, 11) is 0. The second-order valence-electron chi connectivity index (χ2n) is 2.84. The van der Waals surface area contributed by atoms with E-state index in [0.717, 1.165) is 0 Å². The van der Waals surface area contributed by atoms with Crippen molar-refractivity contribution >= 4 is 0 Å². The molecular formula is C9H22O2. The van der Waals surface area contributed by atoms with Crippen LogP contribution in [0.3, 0.4) is 0 Å². The van der Waals surface area contributed by atoms with Crippen molar-refractivity contribution in [2.75, 3.05) is 13.2 Å². The zero-order chi connectivity index (χ0) is 7.98. The van der Waals surface area contributed by atoms with E-state index in [-0.39, 0.29) is 7.43 Å². The maximum atomic E-state index is 5.27. The average molecular weight is 162 g/mol. The molecule has 11 heavy (non-hydrogen) atoms. The summed E-state index contributed by atoms with van der Waals surface area (Å²) in [6.45, 7) is 9.50. The molecule has 0 unspecified atom stereocenters. The molecule has 0 saturated carbocycles. The van der Waals surface area contributed by atoms with E-state index in [0.29, 0.717) is 25.4 Å². The molecule has 0 saturated heterocycles. The smallest absolute Gasteiger partial charge is 0.0704 e. The minimum absolute atomic E-state index is 0. The van der Waals surface area contributed by atoms with Gasteiger partial charge in [0.25, 0.3) is 0 Å². The topological polar surface area (TPSA) is 18.5 Å². The van der Waals surface area contributed by atoms with Crippen molar-refractivity contribution in [1.29, 1.82) is 0 Å². The summed E-state index contributed by atoms with van der Waals surface area (Å²) < 4.78 is 10.5. The molecule has 2 heteroatoms. The van der Waals surface area contributed by atoms with Gasteiger partial charge in [0.05, 0.1) is 25.4 Å². The summed E-state index contributed by atoms with van der Waals surface area (Å²) in [6, 6.07) is 0. The van der Waals surface area contributed by atoms with Gasteiger partial charge in [-0.2, -0.15) is 0 Å². The highest BCUT2D eigenvalue weighted by Crippen LogP contribution is 1.90. The van der Waals surface area contributed by atoms with Crippen molar-refractivity contribution in [3.63, 3.8) is 0 Å². The fourth-order valence-corrected chi connectivity index (χ4v) is 0.568. The average Bonchev–Trinajstić information content (AvgIpc) is 1.79.